The Kier molecular flexibility index (Phi) is 4.25. The lowest BCUT2D eigenvalue weighted by Gasteiger charge is -2.30. The van der Waals surface area contributed by atoms with Crippen LogP contribution >= 0.6 is 0 Å². The lowest BCUT2D eigenvalue weighted by Crippen LogP contribution is -2.52. The van der Waals surface area contributed by atoms with E-state index in [2.05, 4.69) is 0 Å². The first-order chi connectivity index (χ1) is 7.95. The Hall–Kier alpha value is -1.85. The van der Waals surface area contributed by atoms with Crippen molar-refractivity contribution in [3.63, 3.8) is 0 Å². The number of hydrogen-bond acceptors (Lipinski definition) is 3. The van der Waals surface area contributed by atoms with Crippen LogP contribution in [0.25, 0.3) is 0 Å². The second kappa shape index (κ2) is 5.47. The maximum absolute atomic E-state index is 11.6. The molecule has 1 fully saturated rings. The minimum absolute atomic E-state index is 0.0163. The Morgan fingerprint density at radius 3 is 2.53 bits per heavy atom. The Balaban J connectivity index is 2.66. The summed E-state index contributed by atoms with van der Waals surface area (Å²) < 4.78 is 0. The molecule has 1 N–H and O–H groups in total. The third-order valence-corrected chi connectivity index (χ3v) is 2.69. The van der Waals surface area contributed by atoms with E-state index >= 15 is 0 Å². The van der Waals surface area contributed by atoms with E-state index in [1.54, 1.807) is 14.0 Å². The molecule has 0 radical (unpaired) electrons. The predicted molar refractivity (Wildman–Crippen MR) is 60.2 cm³/mol. The SMILES string of the molecule is CCC(=CCN1CC(=O)N(C)CC1=O)C(=O)O. The average molecular weight is 240 g/mol. The van der Waals surface area contributed by atoms with Gasteiger partial charge in [-0.2, -0.15) is 0 Å². The van der Waals surface area contributed by atoms with Gasteiger partial charge in [-0.05, 0) is 6.42 Å². The van der Waals surface area contributed by atoms with E-state index in [1.165, 1.54) is 15.9 Å². The molecule has 0 aromatic heterocycles. The smallest absolute Gasteiger partial charge is 0.331 e. The molecular weight excluding hydrogens is 224 g/mol. The van der Waals surface area contributed by atoms with Crippen molar-refractivity contribution in [2.45, 2.75) is 13.3 Å². The summed E-state index contributed by atoms with van der Waals surface area (Å²) in [5, 5.41) is 8.82. The van der Waals surface area contributed by atoms with Crippen LogP contribution in [0.5, 0.6) is 0 Å². The highest BCUT2D eigenvalue weighted by molar-refractivity contribution is 5.92. The van der Waals surface area contributed by atoms with Gasteiger partial charge >= 0.3 is 5.97 Å². The molecule has 1 aliphatic heterocycles. The molecule has 6 nitrogen and oxygen atoms in total. The molecule has 1 saturated heterocycles. The topological polar surface area (TPSA) is 77.9 Å². The van der Waals surface area contributed by atoms with Crippen LogP contribution in [0.2, 0.25) is 0 Å². The summed E-state index contributed by atoms with van der Waals surface area (Å²) in [6, 6.07) is 0. The third-order valence-electron chi connectivity index (χ3n) is 2.69. The summed E-state index contributed by atoms with van der Waals surface area (Å²) >= 11 is 0. The highest BCUT2D eigenvalue weighted by atomic mass is 16.4. The quantitative estimate of drug-likeness (QED) is 0.685. The van der Waals surface area contributed by atoms with Gasteiger partial charge in [0.1, 0.15) is 6.54 Å². The summed E-state index contributed by atoms with van der Waals surface area (Å²) in [5.41, 5.74) is 0.254. The number of nitrogens with zero attached hydrogens (tertiary/aromatic N) is 2. The van der Waals surface area contributed by atoms with Crippen LogP contribution < -0.4 is 0 Å². The van der Waals surface area contributed by atoms with E-state index in [-0.39, 0.29) is 37.0 Å². The van der Waals surface area contributed by atoms with Crippen molar-refractivity contribution >= 4 is 17.8 Å². The standard InChI is InChI=1S/C11H16N2O4/c1-3-8(11(16)17)4-5-13-7-9(14)12(2)6-10(13)15/h4H,3,5-7H2,1-2H3,(H,16,17). The fourth-order valence-corrected chi connectivity index (χ4v) is 1.53. The Morgan fingerprint density at radius 1 is 1.35 bits per heavy atom. The van der Waals surface area contributed by atoms with Gasteiger partial charge in [-0.3, -0.25) is 9.59 Å². The van der Waals surface area contributed by atoms with Crippen LogP contribution in [0.15, 0.2) is 11.6 Å². The van der Waals surface area contributed by atoms with Crippen LogP contribution in [0, 0.1) is 0 Å². The largest absolute Gasteiger partial charge is 0.478 e. The molecule has 0 saturated carbocycles. The predicted octanol–water partition coefficient (Wildman–Crippen LogP) is -0.292. The monoisotopic (exact) mass is 240 g/mol. The van der Waals surface area contributed by atoms with Crippen LogP contribution in [0.4, 0.5) is 0 Å². The number of piperazine rings is 1. The highest BCUT2D eigenvalue weighted by Gasteiger charge is 2.26. The molecule has 17 heavy (non-hydrogen) atoms. The maximum atomic E-state index is 11.6. The van der Waals surface area contributed by atoms with E-state index in [4.69, 9.17) is 5.11 Å². The first kappa shape index (κ1) is 13.2. The Labute approximate surface area is 99.5 Å². The summed E-state index contributed by atoms with van der Waals surface area (Å²) in [4.78, 5) is 36.4. The third kappa shape index (κ3) is 3.30. The molecule has 0 aromatic rings. The average Bonchev–Trinajstić information content (AvgIpc) is 2.25. The van der Waals surface area contributed by atoms with Crippen molar-refractivity contribution in [3.8, 4) is 0 Å². The van der Waals surface area contributed by atoms with Gasteiger partial charge < -0.3 is 14.9 Å². The van der Waals surface area contributed by atoms with Crippen molar-refractivity contribution in [2.75, 3.05) is 26.7 Å². The molecule has 1 aliphatic rings. The number of hydrogen-bond donors (Lipinski definition) is 1. The van der Waals surface area contributed by atoms with Gasteiger partial charge in [0.05, 0.1) is 6.54 Å². The van der Waals surface area contributed by atoms with E-state index in [9.17, 15) is 14.4 Å². The molecule has 0 aromatic carbocycles. The van der Waals surface area contributed by atoms with Crippen molar-refractivity contribution in [3.05, 3.63) is 11.6 Å². The highest BCUT2D eigenvalue weighted by Crippen LogP contribution is 2.06. The van der Waals surface area contributed by atoms with Gasteiger partial charge in [-0.1, -0.05) is 13.0 Å². The molecule has 94 valence electrons. The van der Waals surface area contributed by atoms with Crippen LogP contribution in [-0.2, 0) is 14.4 Å². The molecule has 0 spiro atoms. The molecule has 0 unspecified atom stereocenters. The van der Waals surface area contributed by atoms with Gasteiger partial charge in [0.15, 0.2) is 0 Å². The number of rotatable bonds is 4. The molecule has 0 atom stereocenters. The fraction of sp³-hybridized carbons (Fsp3) is 0.545. The molecule has 1 heterocycles. The van der Waals surface area contributed by atoms with Gasteiger partial charge in [0, 0.05) is 19.2 Å². The zero-order chi connectivity index (χ0) is 13.0. The molecule has 1 rings (SSSR count). The van der Waals surface area contributed by atoms with Gasteiger partial charge in [0.25, 0.3) is 0 Å². The number of carboxylic acid groups (broad SMARTS) is 1. The van der Waals surface area contributed by atoms with Gasteiger partial charge in [0.2, 0.25) is 11.8 Å². The van der Waals surface area contributed by atoms with Crippen LogP contribution in [0.3, 0.4) is 0 Å². The number of carbonyl (C=O) groups is 3. The summed E-state index contributed by atoms with van der Waals surface area (Å²) in [7, 11) is 1.57. The van der Waals surface area contributed by atoms with E-state index < -0.39 is 5.97 Å². The Morgan fingerprint density at radius 2 is 2.00 bits per heavy atom. The maximum Gasteiger partial charge on any atom is 0.331 e. The van der Waals surface area contributed by atoms with E-state index in [1.807, 2.05) is 0 Å². The number of carboxylic acids is 1. The molecule has 6 heteroatoms. The van der Waals surface area contributed by atoms with Gasteiger partial charge in [-0.15, -0.1) is 0 Å². The zero-order valence-corrected chi connectivity index (χ0v) is 9.97. The molecule has 2 amide bonds. The van der Waals surface area contributed by atoms with E-state index in [0.29, 0.717) is 6.42 Å². The molecule has 0 aliphatic carbocycles. The minimum atomic E-state index is -0.986. The lowest BCUT2D eigenvalue weighted by atomic mass is 10.2. The second-order valence-corrected chi connectivity index (χ2v) is 3.91. The number of amides is 2. The summed E-state index contributed by atoms with van der Waals surface area (Å²) in [6.07, 6.45) is 1.88. The fourth-order valence-electron chi connectivity index (χ4n) is 1.53. The first-order valence-electron chi connectivity index (χ1n) is 5.39. The van der Waals surface area contributed by atoms with Crippen LogP contribution in [-0.4, -0.2) is 59.4 Å². The number of aliphatic carboxylic acids is 1. The van der Waals surface area contributed by atoms with Crippen molar-refractivity contribution in [1.82, 2.24) is 9.80 Å². The van der Waals surface area contributed by atoms with Crippen molar-refractivity contribution in [2.24, 2.45) is 0 Å². The van der Waals surface area contributed by atoms with Crippen LogP contribution in [0.1, 0.15) is 13.3 Å². The summed E-state index contributed by atoms with van der Waals surface area (Å²) in [6.45, 7) is 1.98. The zero-order valence-electron chi connectivity index (χ0n) is 9.97. The second-order valence-electron chi connectivity index (χ2n) is 3.91. The normalized spacial score (nSPS) is 17.6. The van der Waals surface area contributed by atoms with Gasteiger partial charge in [-0.25, -0.2) is 4.79 Å². The minimum Gasteiger partial charge on any atom is -0.478 e. The van der Waals surface area contributed by atoms with Crippen molar-refractivity contribution < 1.29 is 19.5 Å². The Bertz CT molecular complexity index is 376. The lowest BCUT2D eigenvalue weighted by molar-refractivity contribution is -0.148. The molecular formula is C11H16N2O4. The number of likely N-dealkylation sites (N-methyl/N-ethyl adjacent to an activating group) is 1. The van der Waals surface area contributed by atoms with E-state index in [0.717, 1.165) is 0 Å². The summed E-state index contributed by atoms with van der Waals surface area (Å²) in [5.74, 6) is -1.28. The van der Waals surface area contributed by atoms with Crippen molar-refractivity contribution in [1.29, 1.82) is 0 Å². The first-order valence-corrected chi connectivity index (χ1v) is 5.39. The number of carbonyl (C=O) groups excluding carboxylic acids is 2. The molecule has 0 bridgehead atoms.